The third kappa shape index (κ3) is 8.50. The van der Waals surface area contributed by atoms with Gasteiger partial charge in [0.2, 0.25) is 0 Å². The maximum Gasteiger partial charge on any atom is 0.410 e. The zero-order chi connectivity index (χ0) is 26.3. The molecule has 2 aromatic rings. The van der Waals surface area contributed by atoms with Crippen LogP contribution in [-0.4, -0.2) is 60.5 Å². The molecular weight excluding hydrogens is 490 g/mol. The quantitative estimate of drug-likeness (QED) is 0.353. The Morgan fingerprint density at radius 1 is 1.08 bits per heavy atom. The van der Waals surface area contributed by atoms with Gasteiger partial charge in [-0.05, 0) is 76.5 Å². The first-order valence-electron chi connectivity index (χ1n) is 13.4. The highest BCUT2D eigenvalue weighted by atomic mass is 35.5. The van der Waals surface area contributed by atoms with Crippen LogP contribution in [-0.2, 0) is 16.1 Å². The molecule has 0 N–H and O–H groups in total. The molecule has 3 heterocycles. The Bertz CT molecular complexity index is 1000. The number of ether oxygens (including phenoxy) is 3. The van der Waals surface area contributed by atoms with Gasteiger partial charge >= 0.3 is 6.09 Å². The Morgan fingerprint density at radius 2 is 1.84 bits per heavy atom. The normalized spacial score (nSPS) is 18.8. The fourth-order valence-electron chi connectivity index (χ4n) is 4.92. The third-order valence-electron chi connectivity index (χ3n) is 6.98. The third-order valence-corrected chi connectivity index (χ3v) is 7.23. The lowest BCUT2D eigenvalue weighted by Gasteiger charge is -2.33. The zero-order valence-corrected chi connectivity index (χ0v) is 23.1. The van der Waals surface area contributed by atoms with Crippen LogP contribution in [0.2, 0.25) is 5.02 Å². The molecule has 2 aliphatic heterocycles. The van der Waals surface area contributed by atoms with Crippen molar-refractivity contribution in [1.82, 2.24) is 9.88 Å². The lowest BCUT2D eigenvalue weighted by molar-refractivity contribution is 0.0187. The highest BCUT2D eigenvalue weighted by Gasteiger charge is 2.32. The second kappa shape index (κ2) is 12.8. The Kier molecular flexibility index (Phi) is 9.54. The molecule has 0 spiro atoms. The number of amides is 1. The summed E-state index contributed by atoms with van der Waals surface area (Å²) in [5, 5.41) is 0.751. The average molecular weight is 530 g/mol. The fourth-order valence-corrected chi connectivity index (χ4v) is 5.05. The van der Waals surface area contributed by atoms with E-state index in [1.54, 1.807) is 11.1 Å². The van der Waals surface area contributed by atoms with Crippen LogP contribution in [0, 0.1) is 5.92 Å². The van der Waals surface area contributed by atoms with E-state index in [2.05, 4.69) is 16.0 Å². The first-order chi connectivity index (χ1) is 17.8. The van der Waals surface area contributed by atoms with Crippen molar-refractivity contribution >= 4 is 23.4 Å². The smallest absolute Gasteiger partial charge is 0.410 e. The van der Waals surface area contributed by atoms with Gasteiger partial charge in [0.25, 0.3) is 0 Å². The monoisotopic (exact) mass is 529 g/mol. The van der Waals surface area contributed by atoms with Crippen LogP contribution in [0.1, 0.15) is 58.4 Å². The van der Waals surface area contributed by atoms with Crippen molar-refractivity contribution in [3.05, 3.63) is 53.3 Å². The van der Waals surface area contributed by atoms with E-state index < -0.39 is 5.60 Å². The van der Waals surface area contributed by atoms with Gasteiger partial charge in [-0.1, -0.05) is 23.7 Å². The first-order valence-corrected chi connectivity index (χ1v) is 13.8. The molecule has 0 saturated carbocycles. The Hall–Kier alpha value is -2.51. The summed E-state index contributed by atoms with van der Waals surface area (Å²) >= 11 is 5.94. The van der Waals surface area contributed by atoms with Crippen molar-refractivity contribution in [2.75, 3.05) is 37.7 Å². The van der Waals surface area contributed by atoms with Crippen LogP contribution in [0.5, 0.6) is 5.75 Å². The first kappa shape index (κ1) is 27.5. The molecule has 8 heteroatoms. The number of rotatable bonds is 9. The van der Waals surface area contributed by atoms with Gasteiger partial charge in [-0.15, -0.1) is 0 Å². The molecule has 4 rings (SSSR count). The largest absolute Gasteiger partial charge is 0.490 e. The maximum atomic E-state index is 12.5. The van der Waals surface area contributed by atoms with Crippen LogP contribution < -0.4 is 9.64 Å². The van der Waals surface area contributed by atoms with Gasteiger partial charge < -0.3 is 24.0 Å². The number of aromatic nitrogens is 1. The van der Waals surface area contributed by atoms with Gasteiger partial charge in [0.1, 0.15) is 18.0 Å². The molecule has 202 valence electrons. The van der Waals surface area contributed by atoms with E-state index in [0.29, 0.717) is 25.7 Å². The zero-order valence-electron chi connectivity index (χ0n) is 22.3. The second-order valence-corrected chi connectivity index (χ2v) is 11.5. The molecule has 1 aromatic heterocycles. The lowest BCUT2D eigenvalue weighted by Crippen LogP contribution is -2.42. The standard InChI is InChI=1S/C29H40ClN3O4/c1-29(2,3)37-28(34)33-13-4-5-25(33)21-36-27-17-26(18-31-19-27)32-14-10-22(11-15-32)12-16-35-20-23-6-8-24(30)9-7-23/h6-9,17-19,22,25H,4-5,10-16,20-21H2,1-3H3. The molecule has 7 nitrogen and oxygen atoms in total. The van der Waals surface area contributed by atoms with Gasteiger partial charge in [-0.25, -0.2) is 4.79 Å². The predicted molar refractivity (Wildman–Crippen MR) is 146 cm³/mol. The van der Waals surface area contributed by atoms with Crippen molar-refractivity contribution in [2.45, 2.75) is 71.1 Å². The maximum absolute atomic E-state index is 12.5. The Balaban J connectivity index is 1.19. The number of likely N-dealkylation sites (tertiary alicyclic amines) is 1. The summed E-state index contributed by atoms with van der Waals surface area (Å²) in [6.07, 6.45) is 8.65. The average Bonchev–Trinajstić information content (AvgIpc) is 3.35. The summed E-state index contributed by atoms with van der Waals surface area (Å²) < 4.78 is 17.6. The summed E-state index contributed by atoms with van der Waals surface area (Å²) in [6, 6.07) is 9.91. The van der Waals surface area contributed by atoms with Gasteiger partial charge in [-0.2, -0.15) is 0 Å². The number of benzene rings is 1. The summed E-state index contributed by atoms with van der Waals surface area (Å²) in [7, 11) is 0. The van der Waals surface area contributed by atoms with E-state index in [9.17, 15) is 4.79 Å². The highest BCUT2D eigenvalue weighted by Crippen LogP contribution is 2.28. The van der Waals surface area contributed by atoms with Gasteiger partial charge in [0, 0.05) is 37.3 Å². The topological polar surface area (TPSA) is 64.1 Å². The molecule has 1 aromatic carbocycles. The minimum Gasteiger partial charge on any atom is -0.490 e. The Morgan fingerprint density at radius 3 is 2.57 bits per heavy atom. The summed E-state index contributed by atoms with van der Waals surface area (Å²) in [5.74, 6) is 1.42. The van der Waals surface area contributed by atoms with Crippen LogP contribution in [0.3, 0.4) is 0 Å². The number of hydrogen-bond donors (Lipinski definition) is 0. The Labute approximate surface area is 226 Å². The molecule has 37 heavy (non-hydrogen) atoms. The van der Waals surface area contributed by atoms with Crippen molar-refractivity contribution in [2.24, 2.45) is 5.92 Å². The molecule has 1 atom stereocenters. The number of anilines is 1. The van der Waals surface area contributed by atoms with Crippen molar-refractivity contribution < 1.29 is 19.0 Å². The second-order valence-electron chi connectivity index (χ2n) is 11.1. The van der Waals surface area contributed by atoms with Crippen LogP contribution >= 0.6 is 11.6 Å². The number of halogens is 1. The molecule has 0 bridgehead atoms. The molecule has 2 saturated heterocycles. The van der Waals surface area contributed by atoms with E-state index in [-0.39, 0.29) is 12.1 Å². The van der Waals surface area contributed by atoms with Crippen LogP contribution in [0.25, 0.3) is 0 Å². The summed E-state index contributed by atoms with van der Waals surface area (Å²) in [4.78, 5) is 21.1. The molecule has 1 amide bonds. The van der Waals surface area contributed by atoms with E-state index in [4.69, 9.17) is 25.8 Å². The van der Waals surface area contributed by atoms with Gasteiger partial charge in [0.15, 0.2) is 0 Å². The summed E-state index contributed by atoms with van der Waals surface area (Å²) in [6.45, 7) is 10.2. The van der Waals surface area contributed by atoms with Crippen molar-refractivity contribution in [3.63, 3.8) is 0 Å². The minimum absolute atomic E-state index is 0.0242. The van der Waals surface area contributed by atoms with Gasteiger partial charge in [-0.3, -0.25) is 4.98 Å². The number of nitrogens with zero attached hydrogens (tertiary/aromatic N) is 3. The summed E-state index contributed by atoms with van der Waals surface area (Å²) in [5.41, 5.74) is 1.74. The van der Waals surface area contributed by atoms with Gasteiger partial charge in [0.05, 0.1) is 30.7 Å². The lowest BCUT2D eigenvalue weighted by atomic mass is 9.94. The number of hydrogen-bond acceptors (Lipinski definition) is 6. The number of pyridine rings is 1. The predicted octanol–water partition coefficient (Wildman–Crippen LogP) is 6.34. The molecule has 2 aliphatic rings. The van der Waals surface area contributed by atoms with Crippen molar-refractivity contribution in [1.29, 1.82) is 0 Å². The van der Waals surface area contributed by atoms with Crippen LogP contribution in [0.15, 0.2) is 42.7 Å². The highest BCUT2D eigenvalue weighted by molar-refractivity contribution is 6.30. The molecule has 1 unspecified atom stereocenters. The minimum atomic E-state index is -0.499. The van der Waals surface area contributed by atoms with E-state index in [1.165, 1.54) is 0 Å². The van der Waals surface area contributed by atoms with E-state index in [1.807, 2.05) is 51.2 Å². The number of carbonyl (C=O) groups is 1. The molecular formula is C29H40ClN3O4. The van der Waals surface area contributed by atoms with E-state index >= 15 is 0 Å². The van der Waals surface area contributed by atoms with Crippen LogP contribution in [0.4, 0.5) is 10.5 Å². The SMILES string of the molecule is CC(C)(C)OC(=O)N1CCCC1COc1cncc(N2CCC(CCOCc3ccc(Cl)cc3)CC2)c1. The number of carbonyl (C=O) groups excluding carboxylic acids is 1. The molecule has 0 radical (unpaired) electrons. The van der Waals surface area contributed by atoms with E-state index in [0.717, 1.165) is 73.8 Å². The van der Waals surface area contributed by atoms with Crippen molar-refractivity contribution in [3.8, 4) is 5.75 Å². The number of piperidine rings is 1. The fraction of sp³-hybridized carbons (Fsp3) is 0.586. The molecule has 2 fully saturated rings. The molecule has 0 aliphatic carbocycles.